The third-order valence-corrected chi connectivity index (χ3v) is 2.87. The highest BCUT2D eigenvalue weighted by molar-refractivity contribution is 5.79. The number of rotatable bonds is 3. The van der Waals surface area contributed by atoms with Gasteiger partial charge < -0.3 is 10.3 Å². The summed E-state index contributed by atoms with van der Waals surface area (Å²) in [6.07, 6.45) is 0.687. The second kappa shape index (κ2) is 4.41. The van der Waals surface area contributed by atoms with Crippen molar-refractivity contribution < 1.29 is 4.79 Å². The van der Waals surface area contributed by atoms with Crippen LogP contribution in [0.2, 0.25) is 0 Å². The summed E-state index contributed by atoms with van der Waals surface area (Å²) in [6.45, 7) is 3.69. The van der Waals surface area contributed by atoms with Crippen molar-refractivity contribution in [3.8, 4) is 0 Å². The molecule has 0 saturated heterocycles. The maximum Gasteiger partial charge on any atom is 0.251 e. The van der Waals surface area contributed by atoms with E-state index in [0.29, 0.717) is 12.0 Å². The van der Waals surface area contributed by atoms with Gasteiger partial charge in [0, 0.05) is 11.1 Å². The Bertz CT molecular complexity index is 616. The number of aryl methyl sites for hydroxylation is 1. The van der Waals surface area contributed by atoms with Crippen LogP contribution in [0.1, 0.15) is 24.1 Å². The van der Waals surface area contributed by atoms with Crippen molar-refractivity contribution in [2.24, 2.45) is 0 Å². The first kappa shape index (κ1) is 11.4. The van der Waals surface area contributed by atoms with Crippen LogP contribution in [0.15, 0.2) is 29.1 Å². The van der Waals surface area contributed by atoms with Crippen molar-refractivity contribution in [1.29, 1.82) is 0 Å². The molecule has 0 fully saturated rings. The molecule has 0 spiro atoms. The van der Waals surface area contributed by atoms with E-state index in [1.54, 1.807) is 6.92 Å². The number of aromatic amines is 1. The minimum absolute atomic E-state index is 0.0378. The van der Waals surface area contributed by atoms with Crippen LogP contribution >= 0.6 is 0 Å². The van der Waals surface area contributed by atoms with Gasteiger partial charge in [0.05, 0.1) is 6.04 Å². The number of carbonyl (C=O) groups is 1. The molecule has 1 aromatic carbocycles. The minimum atomic E-state index is -0.0654. The van der Waals surface area contributed by atoms with E-state index in [9.17, 15) is 9.59 Å². The molecule has 0 radical (unpaired) electrons. The minimum Gasteiger partial charge on any atom is -0.352 e. The van der Waals surface area contributed by atoms with Crippen LogP contribution in [0.4, 0.5) is 0 Å². The molecule has 1 aromatic heterocycles. The van der Waals surface area contributed by atoms with Crippen LogP contribution in [0.5, 0.6) is 0 Å². The molecule has 17 heavy (non-hydrogen) atoms. The number of hydrogen-bond acceptors (Lipinski definition) is 2. The Balaban J connectivity index is 2.53. The van der Waals surface area contributed by atoms with Crippen LogP contribution < -0.4 is 10.9 Å². The first-order valence-electron chi connectivity index (χ1n) is 5.45. The molecule has 1 amide bonds. The van der Waals surface area contributed by atoms with Crippen LogP contribution in [-0.2, 0) is 4.79 Å². The third kappa shape index (κ3) is 2.20. The number of carbonyl (C=O) groups excluding carboxylic acids is 1. The van der Waals surface area contributed by atoms with E-state index in [2.05, 4.69) is 10.3 Å². The molecule has 1 heterocycles. The van der Waals surface area contributed by atoms with E-state index >= 15 is 0 Å². The molecule has 0 aliphatic carbocycles. The smallest absolute Gasteiger partial charge is 0.251 e. The van der Waals surface area contributed by atoms with Gasteiger partial charge in [0.1, 0.15) is 0 Å². The zero-order valence-electron chi connectivity index (χ0n) is 9.78. The zero-order chi connectivity index (χ0) is 12.4. The maximum absolute atomic E-state index is 11.4. The fourth-order valence-electron chi connectivity index (χ4n) is 1.80. The van der Waals surface area contributed by atoms with E-state index in [0.717, 1.165) is 16.5 Å². The van der Waals surface area contributed by atoms with Crippen LogP contribution in [0.3, 0.4) is 0 Å². The molecule has 0 saturated carbocycles. The molecule has 1 atom stereocenters. The molecule has 88 valence electrons. The van der Waals surface area contributed by atoms with Gasteiger partial charge in [0.2, 0.25) is 6.41 Å². The van der Waals surface area contributed by atoms with Crippen molar-refractivity contribution in [1.82, 2.24) is 10.3 Å². The summed E-state index contributed by atoms with van der Waals surface area (Å²) in [4.78, 5) is 24.6. The first-order chi connectivity index (χ1) is 8.11. The maximum atomic E-state index is 11.4. The highest BCUT2D eigenvalue weighted by Gasteiger charge is 2.05. The van der Waals surface area contributed by atoms with E-state index < -0.39 is 0 Å². The van der Waals surface area contributed by atoms with Gasteiger partial charge in [-0.25, -0.2) is 0 Å². The highest BCUT2D eigenvalue weighted by Crippen LogP contribution is 2.18. The molecule has 1 unspecified atom stereocenters. The summed E-state index contributed by atoms with van der Waals surface area (Å²) < 4.78 is 0. The van der Waals surface area contributed by atoms with Gasteiger partial charge in [0.25, 0.3) is 5.56 Å². The summed E-state index contributed by atoms with van der Waals surface area (Å²) in [6, 6.07) is 7.54. The lowest BCUT2D eigenvalue weighted by atomic mass is 10.0. The molecular weight excluding hydrogens is 216 g/mol. The molecule has 0 bridgehead atoms. The van der Waals surface area contributed by atoms with Gasteiger partial charge in [-0.05, 0) is 43.0 Å². The lowest BCUT2D eigenvalue weighted by Crippen LogP contribution is -2.16. The second-order valence-electron chi connectivity index (χ2n) is 4.13. The van der Waals surface area contributed by atoms with E-state index in [1.807, 2.05) is 31.2 Å². The van der Waals surface area contributed by atoms with Gasteiger partial charge in [-0.3, -0.25) is 9.59 Å². The molecule has 2 N–H and O–H groups in total. The number of amides is 1. The Morgan fingerprint density at radius 2 is 2.12 bits per heavy atom. The SMILES string of the molecule is Cc1cc2cc(C(C)NC=O)ccc2[nH]c1=O. The molecule has 0 aliphatic rings. The predicted octanol–water partition coefficient (Wildman–Crippen LogP) is 1.64. The quantitative estimate of drug-likeness (QED) is 0.787. The Kier molecular flexibility index (Phi) is 2.95. The largest absolute Gasteiger partial charge is 0.352 e. The molecule has 4 heteroatoms. The van der Waals surface area contributed by atoms with Crippen LogP contribution in [0.25, 0.3) is 10.9 Å². The standard InChI is InChI=1S/C13H14N2O2/c1-8-5-11-6-10(9(2)14-7-16)3-4-12(11)15-13(8)17/h3-7,9H,1-2H3,(H,14,16)(H,15,17). The summed E-state index contributed by atoms with van der Waals surface area (Å²) in [5, 5.41) is 3.67. The molecular formula is C13H14N2O2. The summed E-state index contributed by atoms with van der Waals surface area (Å²) >= 11 is 0. The number of hydrogen-bond donors (Lipinski definition) is 2. The molecule has 2 rings (SSSR count). The summed E-state index contributed by atoms with van der Waals surface area (Å²) in [5.74, 6) is 0. The van der Waals surface area contributed by atoms with E-state index in [-0.39, 0.29) is 11.6 Å². The zero-order valence-corrected chi connectivity index (χ0v) is 9.78. The van der Waals surface area contributed by atoms with E-state index in [4.69, 9.17) is 0 Å². The average Bonchev–Trinajstić information content (AvgIpc) is 2.30. The Labute approximate surface area is 98.7 Å². The number of aromatic nitrogens is 1. The van der Waals surface area contributed by atoms with Crippen molar-refractivity contribution in [2.45, 2.75) is 19.9 Å². The normalized spacial score (nSPS) is 12.4. The van der Waals surface area contributed by atoms with Crippen molar-refractivity contribution in [3.63, 3.8) is 0 Å². The number of fused-ring (bicyclic) bond motifs is 1. The lowest BCUT2D eigenvalue weighted by Gasteiger charge is -2.11. The monoisotopic (exact) mass is 230 g/mol. The fraction of sp³-hybridized carbons (Fsp3) is 0.231. The lowest BCUT2D eigenvalue weighted by molar-refractivity contribution is -0.110. The van der Waals surface area contributed by atoms with Gasteiger partial charge in [-0.1, -0.05) is 6.07 Å². The topological polar surface area (TPSA) is 62.0 Å². The molecule has 2 aromatic rings. The second-order valence-corrected chi connectivity index (χ2v) is 4.13. The predicted molar refractivity (Wildman–Crippen MR) is 66.9 cm³/mol. The van der Waals surface area contributed by atoms with E-state index in [1.165, 1.54) is 0 Å². The van der Waals surface area contributed by atoms with Crippen LogP contribution in [0, 0.1) is 6.92 Å². The number of nitrogens with one attached hydrogen (secondary N) is 2. The summed E-state index contributed by atoms with van der Waals surface area (Å²) in [7, 11) is 0. The first-order valence-corrected chi connectivity index (χ1v) is 5.45. The number of H-pyrrole nitrogens is 1. The number of pyridine rings is 1. The van der Waals surface area contributed by atoms with Gasteiger partial charge >= 0.3 is 0 Å². The Morgan fingerprint density at radius 1 is 1.35 bits per heavy atom. The van der Waals surface area contributed by atoms with Gasteiger partial charge in [0.15, 0.2) is 0 Å². The van der Waals surface area contributed by atoms with Gasteiger partial charge in [-0.15, -0.1) is 0 Å². The van der Waals surface area contributed by atoms with Crippen LogP contribution in [-0.4, -0.2) is 11.4 Å². The summed E-state index contributed by atoms with van der Waals surface area (Å²) in [5.41, 5.74) is 2.44. The Morgan fingerprint density at radius 3 is 2.82 bits per heavy atom. The molecule has 4 nitrogen and oxygen atoms in total. The highest BCUT2D eigenvalue weighted by atomic mass is 16.1. The Hall–Kier alpha value is -2.10. The third-order valence-electron chi connectivity index (χ3n) is 2.87. The van der Waals surface area contributed by atoms with Crippen molar-refractivity contribution >= 4 is 17.3 Å². The van der Waals surface area contributed by atoms with Crippen molar-refractivity contribution in [2.75, 3.05) is 0 Å². The fourth-order valence-corrected chi connectivity index (χ4v) is 1.80. The number of benzene rings is 1. The van der Waals surface area contributed by atoms with Crippen molar-refractivity contribution in [3.05, 3.63) is 45.7 Å². The average molecular weight is 230 g/mol. The van der Waals surface area contributed by atoms with Gasteiger partial charge in [-0.2, -0.15) is 0 Å². The molecule has 0 aliphatic heterocycles.